The van der Waals surface area contributed by atoms with Gasteiger partial charge in [0.05, 0.1) is 33.0 Å². The second-order valence-electron chi connectivity index (χ2n) is 10.7. The number of aliphatic hydroxyl groups excluding tert-OH is 1. The van der Waals surface area contributed by atoms with Gasteiger partial charge in [-0.25, -0.2) is 0 Å². The van der Waals surface area contributed by atoms with Crippen molar-refractivity contribution in [2.75, 3.05) is 13.7 Å². The third-order valence-electron chi connectivity index (χ3n) is 7.04. The molecule has 1 aliphatic rings. The molecule has 0 amide bonds. The summed E-state index contributed by atoms with van der Waals surface area (Å²) >= 11 is 0. The largest absolute Gasteiger partial charge is 0.497 e. The van der Waals surface area contributed by atoms with Gasteiger partial charge in [0.15, 0.2) is 14.6 Å². The van der Waals surface area contributed by atoms with Crippen LogP contribution in [0.25, 0.3) is 10.4 Å². The van der Waals surface area contributed by atoms with E-state index >= 15 is 0 Å². The predicted octanol–water partition coefficient (Wildman–Crippen LogP) is 5.58. The third kappa shape index (κ3) is 7.78. The van der Waals surface area contributed by atoms with Crippen molar-refractivity contribution in [2.45, 2.75) is 82.8 Å². The number of benzene rings is 2. The normalized spacial score (nSPS) is 24.4. The van der Waals surface area contributed by atoms with E-state index in [1.54, 1.807) is 7.11 Å². The lowest BCUT2D eigenvalue weighted by molar-refractivity contribution is -0.256. The monoisotopic (exact) mass is 529 g/mol. The van der Waals surface area contributed by atoms with Crippen LogP contribution in [0.2, 0.25) is 18.1 Å². The van der Waals surface area contributed by atoms with Gasteiger partial charge in [-0.2, -0.15) is 0 Å². The Balaban J connectivity index is 1.79. The molecule has 1 saturated heterocycles. The van der Waals surface area contributed by atoms with Gasteiger partial charge in [0, 0.05) is 4.91 Å². The molecule has 1 aliphatic heterocycles. The van der Waals surface area contributed by atoms with Gasteiger partial charge in [-0.15, -0.1) is 0 Å². The maximum absolute atomic E-state index is 11.3. The van der Waals surface area contributed by atoms with Crippen LogP contribution < -0.4 is 4.74 Å². The molecule has 2 aromatic rings. The molecule has 1 heterocycles. The minimum atomic E-state index is -2.32. The highest BCUT2D eigenvalue weighted by atomic mass is 28.4. The van der Waals surface area contributed by atoms with Crippen molar-refractivity contribution < 1.29 is 28.5 Å². The van der Waals surface area contributed by atoms with E-state index in [4.69, 9.17) is 23.4 Å². The zero-order chi connectivity index (χ0) is 27.1. The molecule has 0 radical (unpaired) electrons. The van der Waals surface area contributed by atoms with Gasteiger partial charge in [0.25, 0.3) is 0 Å². The van der Waals surface area contributed by atoms with E-state index in [2.05, 4.69) is 43.9 Å². The highest BCUT2D eigenvalue weighted by molar-refractivity contribution is 6.74. The zero-order valence-electron chi connectivity index (χ0n) is 22.5. The Kier molecular flexibility index (Phi) is 10.1. The Morgan fingerprint density at radius 1 is 1.03 bits per heavy atom. The molecular weight excluding hydrogens is 490 g/mol. The van der Waals surface area contributed by atoms with E-state index in [1.807, 2.05) is 54.6 Å². The van der Waals surface area contributed by atoms with Crippen molar-refractivity contribution in [3.8, 4) is 5.75 Å². The van der Waals surface area contributed by atoms with Crippen LogP contribution >= 0.6 is 0 Å². The molecule has 37 heavy (non-hydrogen) atoms. The smallest absolute Gasteiger partial charge is 0.195 e. The zero-order valence-corrected chi connectivity index (χ0v) is 23.5. The second-order valence-corrected chi connectivity index (χ2v) is 15.5. The molecule has 0 saturated carbocycles. The fourth-order valence-electron chi connectivity index (χ4n) is 3.76. The molecule has 5 atom stereocenters. The molecule has 0 spiro atoms. The fourth-order valence-corrected chi connectivity index (χ4v) is 4.89. The summed E-state index contributed by atoms with van der Waals surface area (Å²) < 4.78 is 30.1. The second kappa shape index (κ2) is 12.9. The molecule has 0 aliphatic carbocycles. The van der Waals surface area contributed by atoms with Crippen molar-refractivity contribution >= 4 is 8.32 Å². The first-order valence-corrected chi connectivity index (χ1v) is 15.4. The summed E-state index contributed by atoms with van der Waals surface area (Å²) in [6.07, 6.45) is -3.54. The van der Waals surface area contributed by atoms with Crippen molar-refractivity contribution in [3.05, 3.63) is 76.2 Å². The number of methoxy groups -OCH3 is 1. The average Bonchev–Trinajstić information content (AvgIpc) is 2.86. The molecule has 2 aromatic carbocycles. The number of rotatable bonds is 11. The van der Waals surface area contributed by atoms with Gasteiger partial charge in [0.2, 0.25) is 0 Å². The highest BCUT2D eigenvalue weighted by Crippen LogP contribution is 2.40. The van der Waals surface area contributed by atoms with Gasteiger partial charge in [-0.1, -0.05) is 68.4 Å². The van der Waals surface area contributed by atoms with E-state index in [1.165, 1.54) is 0 Å². The van der Waals surface area contributed by atoms with Gasteiger partial charge in [-0.05, 0) is 46.9 Å². The van der Waals surface area contributed by atoms with Crippen LogP contribution in [-0.4, -0.2) is 57.8 Å². The lowest BCUT2D eigenvalue weighted by Gasteiger charge is -2.47. The maximum Gasteiger partial charge on any atom is 0.195 e. The summed E-state index contributed by atoms with van der Waals surface area (Å²) in [4.78, 5) is 3.03. The minimum absolute atomic E-state index is 0.103. The summed E-state index contributed by atoms with van der Waals surface area (Å²) in [6.45, 7) is 11.3. The Morgan fingerprint density at radius 3 is 2.27 bits per heavy atom. The van der Waals surface area contributed by atoms with E-state index in [-0.39, 0.29) is 18.3 Å². The average molecular weight is 530 g/mol. The van der Waals surface area contributed by atoms with E-state index < -0.39 is 39.0 Å². The fraction of sp³-hybridized carbons (Fsp3) is 0.556. The summed E-state index contributed by atoms with van der Waals surface area (Å²) in [5.41, 5.74) is 11.2. The lowest BCUT2D eigenvalue weighted by atomic mass is 9.97. The van der Waals surface area contributed by atoms with Gasteiger partial charge in [0.1, 0.15) is 24.0 Å². The molecule has 0 unspecified atom stereocenters. The molecule has 202 valence electrons. The van der Waals surface area contributed by atoms with Crippen molar-refractivity contribution in [3.63, 3.8) is 0 Å². The molecule has 9 nitrogen and oxygen atoms in total. The van der Waals surface area contributed by atoms with Crippen LogP contribution in [-0.2, 0) is 31.9 Å². The standard InChI is InChI=1S/C27H39N3O6Si/c1-27(2,3)37(5,6)36-26-23(29-30-28)25(34-17-19-10-8-7-9-11-19)24(31)22(35-26)18-33-16-20-12-14-21(32-4)15-13-20/h7-15,22-26,31H,16-18H2,1-6H3/t22-,23-,24-,25-,26+/m1/s1. The first-order valence-electron chi connectivity index (χ1n) is 12.5. The van der Waals surface area contributed by atoms with Crippen LogP contribution in [0.4, 0.5) is 0 Å². The Bertz CT molecular complexity index is 1020. The number of nitrogens with zero attached hydrogens (tertiary/aromatic N) is 3. The Labute approximate surface area is 220 Å². The number of azide groups is 1. The highest BCUT2D eigenvalue weighted by Gasteiger charge is 2.50. The van der Waals surface area contributed by atoms with Crippen molar-refractivity contribution in [1.82, 2.24) is 0 Å². The molecule has 0 aromatic heterocycles. The Morgan fingerprint density at radius 2 is 1.68 bits per heavy atom. The summed E-state index contributed by atoms with van der Waals surface area (Å²) in [7, 11) is -0.702. The molecule has 3 rings (SSSR count). The maximum atomic E-state index is 11.3. The van der Waals surface area contributed by atoms with Gasteiger partial charge >= 0.3 is 0 Å². The predicted molar refractivity (Wildman–Crippen MR) is 144 cm³/mol. The molecular formula is C27H39N3O6Si. The SMILES string of the molecule is COc1ccc(COC[C@H]2O[C@@H](O[Si](C)(C)C(C)(C)C)[C@H](N=[N+]=[N-])[C@@H](OCc3ccccc3)[C@@H]2O)cc1. The summed E-state index contributed by atoms with van der Waals surface area (Å²) in [5, 5.41) is 15.1. The van der Waals surface area contributed by atoms with Crippen molar-refractivity contribution in [1.29, 1.82) is 0 Å². The topological polar surface area (TPSA) is 115 Å². The number of aliphatic hydroxyl groups is 1. The van der Waals surface area contributed by atoms with E-state index in [9.17, 15) is 10.6 Å². The summed E-state index contributed by atoms with van der Waals surface area (Å²) in [5.74, 6) is 0.767. The van der Waals surface area contributed by atoms with E-state index in [0.717, 1.165) is 16.9 Å². The van der Waals surface area contributed by atoms with Gasteiger partial charge < -0.3 is 28.5 Å². The van der Waals surface area contributed by atoms with E-state index in [0.29, 0.717) is 6.61 Å². The van der Waals surface area contributed by atoms with Gasteiger partial charge in [-0.3, -0.25) is 0 Å². The van der Waals surface area contributed by atoms with Crippen LogP contribution in [0.15, 0.2) is 59.7 Å². The van der Waals surface area contributed by atoms with Crippen LogP contribution in [0, 0.1) is 0 Å². The first-order chi connectivity index (χ1) is 17.6. The molecule has 0 bridgehead atoms. The first kappa shape index (κ1) is 29.1. The van der Waals surface area contributed by atoms with Crippen LogP contribution in [0.5, 0.6) is 5.75 Å². The molecule has 10 heteroatoms. The quantitative estimate of drug-likeness (QED) is 0.176. The Hall–Kier alpha value is -2.43. The number of hydrogen-bond acceptors (Lipinski definition) is 7. The number of ether oxygens (including phenoxy) is 4. The summed E-state index contributed by atoms with van der Waals surface area (Å²) in [6, 6.07) is 16.4. The lowest BCUT2D eigenvalue weighted by Crippen LogP contribution is -2.62. The third-order valence-corrected chi connectivity index (χ3v) is 11.5. The van der Waals surface area contributed by atoms with Crippen LogP contribution in [0.3, 0.4) is 0 Å². The molecule has 1 N–H and O–H groups in total. The molecule has 1 fully saturated rings. The van der Waals surface area contributed by atoms with Crippen LogP contribution in [0.1, 0.15) is 31.9 Å². The van der Waals surface area contributed by atoms with Crippen molar-refractivity contribution in [2.24, 2.45) is 5.11 Å². The minimum Gasteiger partial charge on any atom is -0.497 e. The number of hydrogen-bond donors (Lipinski definition) is 1.